The highest BCUT2D eigenvalue weighted by atomic mass is 16.5. The molecule has 1 heterocycles. The first-order valence-electron chi connectivity index (χ1n) is 7.50. The molecule has 0 aliphatic rings. The lowest BCUT2D eigenvalue weighted by molar-refractivity contribution is 0.277. The van der Waals surface area contributed by atoms with Gasteiger partial charge < -0.3 is 10.1 Å². The topological polar surface area (TPSA) is 39.1 Å². The van der Waals surface area contributed by atoms with E-state index in [-0.39, 0.29) is 0 Å². The average molecular weight is 287 g/mol. The fraction of sp³-hybridized carbons (Fsp3) is 0.471. The Bertz CT molecular complexity index is 575. The van der Waals surface area contributed by atoms with Gasteiger partial charge in [-0.05, 0) is 31.0 Å². The van der Waals surface area contributed by atoms with Crippen molar-refractivity contribution in [3.8, 4) is 5.88 Å². The normalized spacial score (nSPS) is 11.1. The van der Waals surface area contributed by atoms with Crippen LogP contribution in [0.2, 0.25) is 0 Å². The number of hydrogen-bond acceptors (Lipinski definition) is 3. The highest BCUT2D eigenvalue weighted by Gasteiger charge is 2.06. The second-order valence-electron chi connectivity index (χ2n) is 5.66. The van der Waals surface area contributed by atoms with E-state index in [0.29, 0.717) is 12.6 Å². The Morgan fingerprint density at radius 2 is 1.95 bits per heavy atom. The first kappa shape index (κ1) is 15.6. The van der Waals surface area contributed by atoms with Gasteiger partial charge in [-0.1, -0.05) is 38.1 Å². The number of benzene rings is 1. The second-order valence-corrected chi connectivity index (χ2v) is 5.66. The zero-order valence-electron chi connectivity index (χ0n) is 13.4. The molecular weight excluding hydrogens is 262 g/mol. The number of rotatable bonds is 7. The van der Waals surface area contributed by atoms with Gasteiger partial charge in [0.1, 0.15) is 6.61 Å². The van der Waals surface area contributed by atoms with Crippen molar-refractivity contribution in [2.45, 2.75) is 39.8 Å². The molecule has 1 N–H and O–H groups in total. The van der Waals surface area contributed by atoms with Gasteiger partial charge >= 0.3 is 0 Å². The predicted molar refractivity (Wildman–Crippen MR) is 85.6 cm³/mol. The molecule has 0 unspecified atom stereocenters. The molecule has 0 spiro atoms. The summed E-state index contributed by atoms with van der Waals surface area (Å²) in [7, 11) is 1.90. The van der Waals surface area contributed by atoms with Crippen LogP contribution in [0.15, 0.2) is 30.3 Å². The van der Waals surface area contributed by atoms with Crippen LogP contribution in [0.5, 0.6) is 5.88 Å². The molecule has 4 nitrogen and oxygen atoms in total. The molecule has 1 aromatic carbocycles. The molecule has 0 aliphatic heterocycles. The Morgan fingerprint density at radius 3 is 2.57 bits per heavy atom. The molecule has 0 atom stereocenters. The minimum atomic E-state index is 0.519. The summed E-state index contributed by atoms with van der Waals surface area (Å²) in [5.74, 6) is 0.808. The minimum absolute atomic E-state index is 0.519. The van der Waals surface area contributed by atoms with Gasteiger partial charge in [0, 0.05) is 19.2 Å². The monoisotopic (exact) mass is 287 g/mol. The van der Waals surface area contributed by atoms with Gasteiger partial charge in [0.25, 0.3) is 0 Å². The molecule has 0 saturated carbocycles. The van der Waals surface area contributed by atoms with Crippen molar-refractivity contribution in [2.24, 2.45) is 7.05 Å². The van der Waals surface area contributed by atoms with Crippen LogP contribution < -0.4 is 10.1 Å². The van der Waals surface area contributed by atoms with E-state index in [1.54, 1.807) is 4.68 Å². The molecule has 0 aliphatic carbocycles. The maximum absolute atomic E-state index is 5.89. The third-order valence-electron chi connectivity index (χ3n) is 3.40. The lowest BCUT2D eigenvalue weighted by Crippen LogP contribution is -2.25. The number of nitrogens with one attached hydrogen (secondary N) is 1. The van der Waals surface area contributed by atoms with E-state index in [2.05, 4.69) is 48.5 Å². The van der Waals surface area contributed by atoms with Crippen molar-refractivity contribution in [1.29, 1.82) is 0 Å². The lowest BCUT2D eigenvalue weighted by Gasteiger charge is -2.12. The second kappa shape index (κ2) is 7.27. The summed E-state index contributed by atoms with van der Waals surface area (Å²) in [6.07, 6.45) is 1.02. The summed E-state index contributed by atoms with van der Waals surface area (Å²) in [4.78, 5) is 0. The molecule has 114 valence electrons. The van der Waals surface area contributed by atoms with Crippen LogP contribution in [0.3, 0.4) is 0 Å². The Labute approximate surface area is 127 Å². The summed E-state index contributed by atoms with van der Waals surface area (Å²) in [6, 6.07) is 10.9. The highest BCUT2D eigenvalue weighted by Crippen LogP contribution is 2.16. The van der Waals surface area contributed by atoms with Gasteiger partial charge in [0.15, 0.2) is 0 Å². The molecule has 4 heteroatoms. The first-order chi connectivity index (χ1) is 10.1. The number of hydrogen-bond donors (Lipinski definition) is 1. The van der Waals surface area contributed by atoms with Gasteiger partial charge in [-0.25, -0.2) is 4.68 Å². The zero-order chi connectivity index (χ0) is 15.2. The molecule has 0 bridgehead atoms. The molecule has 0 amide bonds. The average Bonchev–Trinajstić information content (AvgIpc) is 2.75. The van der Waals surface area contributed by atoms with E-state index >= 15 is 0 Å². The van der Waals surface area contributed by atoms with E-state index < -0.39 is 0 Å². The van der Waals surface area contributed by atoms with Crippen molar-refractivity contribution in [3.05, 3.63) is 47.2 Å². The van der Waals surface area contributed by atoms with Crippen molar-refractivity contribution in [1.82, 2.24) is 15.1 Å². The third kappa shape index (κ3) is 4.60. The fourth-order valence-corrected chi connectivity index (χ4v) is 2.31. The maximum Gasteiger partial charge on any atom is 0.212 e. The van der Waals surface area contributed by atoms with E-state index in [1.165, 1.54) is 11.1 Å². The van der Waals surface area contributed by atoms with Crippen molar-refractivity contribution in [2.75, 3.05) is 6.54 Å². The van der Waals surface area contributed by atoms with Crippen molar-refractivity contribution < 1.29 is 4.74 Å². The fourth-order valence-electron chi connectivity index (χ4n) is 2.31. The first-order valence-corrected chi connectivity index (χ1v) is 7.50. The zero-order valence-corrected chi connectivity index (χ0v) is 13.4. The Hall–Kier alpha value is -1.81. The maximum atomic E-state index is 5.89. The molecule has 0 saturated heterocycles. The number of nitrogens with zero attached hydrogens (tertiary/aromatic N) is 2. The Kier molecular flexibility index (Phi) is 5.39. The standard InChI is InChI=1S/C17H25N3O/c1-13(2)18-10-9-15-7-5-6-8-16(15)12-21-17-11-14(3)19-20(17)4/h5-8,11,13,18H,9-10,12H2,1-4H3. The minimum Gasteiger partial charge on any atom is -0.473 e. The third-order valence-corrected chi connectivity index (χ3v) is 3.40. The van der Waals surface area contributed by atoms with Crippen LogP contribution in [0, 0.1) is 6.92 Å². The predicted octanol–water partition coefficient (Wildman–Crippen LogP) is 2.85. The SMILES string of the molecule is Cc1cc(OCc2ccccc2CCNC(C)C)n(C)n1. The van der Waals surface area contributed by atoms with Crippen LogP contribution in [0.4, 0.5) is 0 Å². The molecule has 0 radical (unpaired) electrons. The van der Waals surface area contributed by atoms with E-state index in [9.17, 15) is 0 Å². The van der Waals surface area contributed by atoms with Gasteiger partial charge in [0.2, 0.25) is 5.88 Å². The largest absolute Gasteiger partial charge is 0.473 e. The number of ether oxygens (including phenoxy) is 1. The van der Waals surface area contributed by atoms with E-state index in [0.717, 1.165) is 24.5 Å². The van der Waals surface area contributed by atoms with Crippen molar-refractivity contribution in [3.63, 3.8) is 0 Å². The molecular formula is C17H25N3O. The van der Waals surface area contributed by atoms with Crippen LogP contribution in [0.25, 0.3) is 0 Å². The van der Waals surface area contributed by atoms with Crippen LogP contribution >= 0.6 is 0 Å². The summed E-state index contributed by atoms with van der Waals surface area (Å²) in [5.41, 5.74) is 3.55. The van der Waals surface area contributed by atoms with E-state index in [4.69, 9.17) is 4.74 Å². The van der Waals surface area contributed by atoms with E-state index in [1.807, 2.05) is 20.0 Å². The molecule has 1 aromatic heterocycles. The van der Waals surface area contributed by atoms with Crippen molar-refractivity contribution >= 4 is 0 Å². The van der Waals surface area contributed by atoms with Crippen LogP contribution in [0.1, 0.15) is 30.7 Å². The summed E-state index contributed by atoms with van der Waals surface area (Å²) in [5, 5.41) is 7.75. The Morgan fingerprint density at radius 1 is 1.24 bits per heavy atom. The number of aromatic nitrogens is 2. The van der Waals surface area contributed by atoms with Gasteiger partial charge in [-0.3, -0.25) is 0 Å². The van der Waals surface area contributed by atoms with Crippen LogP contribution in [-0.4, -0.2) is 22.4 Å². The summed E-state index contributed by atoms with van der Waals surface area (Å²) >= 11 is 0. The number of aryl methyl sites for hydroxylation is 2. The molecule has 0 fully saturated rings. The summed E-state index contributed by atoms with van der Waals surface area (Å²) < 4.78 is 7.67. The van der Waals surface area contributed by atoms with Gasteiger partial charge in [-0.15, -0.1) is 0 Å². The van der Waals surface area contributed by atoms with Crippen LogP contribution in [-0.2, 0) is 20.1 Å². The van der Waals surface area contributed by atoms with Gasteiger partial charge in [-0.2, -0.15) is 5.10 Å². The Balaban J connectivity index is 1.97. The molecule has 2 rings (SSSR count). The molecule has 2 aromatic rings. The quantitative estimate of drug-likeness (QED) is 0.851. The summed E-state index contributed by atoms with van der Waals surface area (Å²) in [6.45, 7) is 7.87. The smallest absolute Gasteiger partial charge is 0.212 e. The molecule has 21 heavy (non-hydrogen) atoms. The van der Waals surface area contributed by atoms with Gasteiger partial charge in [0.05, 0.1) is 5.69 Å². The highest BCUT2D eigenvalue weighted by molar-refractivity contribution is 5.27. The lowest BCUT2D eigenvalue weighted by atomic mass is 10.1.